The summed E-state index contributed by atoms with van der Waals surface area (Å²) in [5, 5.41) is 3.25. The highest BCUT2D eigenvalue weighted by Gasteiger charge is 2.16. The summed E-state index contributed by atoms with van der Waals surface area (Å²) in [7, 11) is 0. The number of nitrogens with zero attached hydrogens (tertiary/aromatic N) is 2. The van der Waals surface area contributed by atoms with Crippen molar-refractivity contribution in [1.82, 2.24) is 14.9 Å². The fourth-order valence-electron chi connectivity index (χ4n) is 1.83. The Bertz CT molecular complexity index is 396. The van der Waals surface area contributed by atoms with Crippen molar-refractivity contribution < 1.29 is 4.74 Å². The van der Waals surface area contributed by atoms with Crippen molar-refractivity contribution in [1.29, 1.82) is 0 Å². The van der Waals surface area contributed by atoms with Gasteiger partial charge in [0.05, 0.1) is 0 Å². The molecule has 1 aliphatic heterocycles. The second kappa shape index (κ2) is 5.12. The Morgan fingerprint density at radius 3 is 3.00 bits per heavy atom. The van der Waals surface area contributed by atoms with Crippen LogP contribution in [0.4, 0.5) is 0 Å². The SMILES string of the molecule is CCn1ccnc(OC2CCNCC2)c1=O. The van der Waals surface area contributed by atoms with E-state index in [1.807, 2.05) is 6.92 Å². The molecule has 0 bridgehead atoms. The van der Waals surface area contributed by atoms with E-state index < -0.39 is 0 Å². The van der Waals surface area contributed by atoms with E-state index in [1.54, 1.807) is 17.0 Å². The lowest BCUT2D eigenvalue weighted by Gasteiger charge is -2.22. The van der Waals surface area contributed by atoms with Crippen LogP contribution in [0.1, 0.15) is 19.8 Å². The van der Waals surface area contributed by atoms with Gasteiger partial charge in [-0.15, -0.1) is 0 Å². The largest absolute Gasteiger partial charge is 0.470 e. The topological polar surface area (TPSA) is 56.1 Å². The van der Waals surface area contributed by atoms with E-state index in [0.717, 1.165) is 25.9 Å². The maximum absolute atomic E-state index is 11.8. The number of nitrogens with one attached hydrogen (secondary N) is 1. The average Bonchev–Trinajstić information content (AvgIpc) is 2.33. The van der Waals surface area contributed by atoms with Crippen LogP contribution in [0.15, 0.2) is 17.2 Å². The van der Waals surface area contributed by atoms with E-state index in [1.165, 1.54) is 0 Å². The second-order valence-electron chi connectivity index (χ2n) is 3.89. The molecule has 0 atom stereocenters. The van der Waals surface area contributed by atoms with E-state index in [0.29, 0.717) is 6.54 Å². The minimum absolute atomic E-state index is 0.120. The minimum Gasteiger partial charge on any atom is -0.470 e. The Morgan fingerprint density at radius 1 is 1.56 bits per heavy atom. The van der Waals surface area contributed by atoms with Crippen molar-refractivity contribution in [3.63, 3.8) is 0 Å². The molecule has 1 fully saturated rings. The first kappa shape index (κ1) is 11.1. The van der Waals surface area contributed by atoms with E-state index in [-0.39, 0.29) is 17.5 Å². The van der Waals surface area contributed by atoms with E-state index in [4.69, 9.17) is 4.74 Å². The van der Waals surface area contributed by atoms with Crippen LogP contribution in [0.2, 0.25) is 0 Å². The van der Waals surface area contributed by atoms with Crippen LogP contribution in [-0.4, -0.2) is 28.7 Å². The van der Waals surface area contributed by atoms with Crippen LogP contribution >= 0.6 is 0 Å². The molecule has 1 saturated heterocycles. The lowest BCUT2D eigenvalue weighted by atomic mass is 10.1. The zero-order valence-corrected chi connectivity index (χ0v) is 9.48. The normalized spacial score (nSPS) is 17.3. The summed E-state index contributed by atoms with van der Waals surface area (Å²) in [6, 6.07) is 0. The van der Waals surface area contributed by atoms with Gasteiger partial charge in [-0.25, -0.2) is 4.98 Å². The third-order valence-corrected chi connectivity index (χ3v) is 2.79. The summed E-state index contributed by atoms with van der Waals surface area (Å²) in [5.41, 5.74) is -0.136. The molecule has 0 amide bonds. The number of aryl methyl sites for hydroxylation is 1. The lowest BCUT2D eigenvalue weighted by Crippen LogP contribution is -2.36. The van der Waals surface area contributed by atoms with Crippen LogP contribution < -0.4 is 15.6 Å². The predicted molar refractivity (Wildman–Crippen MR) is 60.7 cm³/mol. The zero-order valence-electron chi connectivity index (χ0n) is 9.48. The molecule has 2 heterocycles. The van der Waals surface area contributed by atoms with Gasteiger partial charge in [-0.2, -0.15) is 0 Å². The van der Waals surface area contributed by atoms with Crippen LogP contribution in [0, 0.1) is 0 Å². The Kier molecular flexibility index (Phi) is 3.56. The van der Waals surface area contributed by atoms with Gasteiger partial charge in [0.15, 0.2) is 0 Å². The number of aromatic nitrogens is 2. The fraction of sp³-hybridized carbons (Fsp3) is 0.636. The summed E-state index contributed by atoms with van der Waals surface area (Å²) < 4.78 is 7.24. The van der Waals surface area contributed by atoms with Crippen molar-refractivity contribution in [2.45, 2.75) is 32.4 Å². The van der Waals surface area contributed by atoms with Gasteiger partial charge >= 0.3 is 5.56 Å². The highest BCUT2D eigenvalue weighted by Crippen LogP contribution is 2.09. The monoisotopic (exact) mass is 223 g/mol. The third kappa shape index (κ3) is 2.41. The second-order valence-corrected chi connectivity index (χ2v) is 3.89. The van der Waals surface area contributed by atoms with Gasteiger partial charge in [0.25, 0.3) is 5.88 Å². The summed E-state index contributed by atoms with van der Waals surface area (Å²) in [6.07, 6.45) is 5.28. The molecule has 0 aromatic carbocycles. The molecule has 0 spiro atoms. The lowest BCUT2D eigenvalue weighted by molar-refractivity contribution is 0.152. The van der Waals surface area contributed by atoms with Crippen molar-refractivity contribution in [2.75, 3.05) is 13.1 Å². The predicted octanol–water partition coefficient (Wildman–Crippen LogP) is 0.394. The molecule has 5 nitrogen and oxygen atoms in total. The van der Waals surface area contributed by atoms with Gasteiger partial charge < -0.3 is 14.6 Å². The summed E-state index contributed by atoms with van der Waals surface area (Å²) in [4.78, 5) is 15.8. The molecule has 1 aliphatic rings. The molecule has 16 heavy (non-hydrogen) atoms. The number of piperidine rings is 1. The number of rotatable bonds is 3. The molecule has 0 unspecified atom stereocenters. The number of hydrogen-bond donors (Lipinski definition) is 1. The van der Waals surface area contributed by atoms with E-state index >= 15 is 0 Å². The molecule has 1 N–H and O–H groups in total. The fourth-order valence-corrected chi connectivity index (χ4v) is 1.83. The van der Waals surface area contributed by atoms with E-state index in [2.05, 4.69) is 10.3 Å². The minimum atomic E-state index is -0.136. The van der Waals surface area contributed by atoms with Gasteiger partial charge in [0.1, 0.15) is 6.10 Å². The quantitative estimate of drug-likeness (QED) is 0.805. The molecule has 0 aliphatic carbocycles. The first-order chi connectivity index (χ1) is 7.81. The highest BCUT2D eigenvalue weighted by molar-refractivity contribution is 5.05. The van der Waals surface area contributed by atoms with E-state index in [9.17, 15) is 4.79 Å². The zero-order chi connectivity index (χ0) is 11.4. The summed E-state index contributed by atoms with van der Waals surface area (Å²) in [6.45, 7) is 4.46. The standard InChI is InChI=1S/C11H17N3O2/c1-2-14-8-7-13-10(11(14)15)16-9-3-5-12-6-4-9/h7-9,12H,2-6H2,1H3. The van der Waals surface area contributed by atoms with Gasteiger partial charge in [-0.05, 0) is 32.9 Å². The Balaban J connectivity index is 2.11. The Hall–Kier alpha value is -1.36. The molecule has 1 aromatic rings. The Morgan fingerprint density at radius 2 is 2.31 bits per heavy atom. The van der Waals surface area contributed by atoms with Gasteiger partial charge in [-0.3, -0.25) is 4.79 Å². The molecule has 1 aromatic heterocycles. The average molecular weight is 223 g/mol. The molecule has 2 rings (SSSR count). The molecule has 88 valence electrons. The van der Waals surface area contributed by atoms with Gasteiger partial charge in [-0.1, -0.05) is 0 Å². The van der Waals surface area contributed by atoms with Crippen LogP contribution in [0.25, 0.3) is 0 Å². The third-order valence-electron chi connectivity index (χ3n) is 2.79. The molecule has 0 saturated carbocycles. The van der Waals surface area contributed by atoms with Crippen molar-refractivity contribution in [2.24, 2.45) is 0 Å². The van der Waals surface area contributed by atoms with Crippen LogP contribution in [0.5, 0.6) is 5.88 Å². The Labute approximate surface area is 94.5 Å². The molecular formula is C11H17N3O2. The van der Waals surface area contributed by atoms with Gasteiger partial charge in [0, 0.05) is 18.9 Å². The van der Waals surface area contributed by atoms with Crippen LogP contribution in [-0.2, 0) is 6.54 Å². The van der Waals surface area contributed by atoms with Crippen molar-refractivity contribution in [3.05, 3.63) is 22.7 Å². The van der Waals surface area contributed by atoms with Crippen molar-refractivity contribution >= 4 is 0 Å². The summed E-state index contributed by atoms with van der Waals surface area (Å²) in [5.74, 6) is 0.233. The summed E-state index contributed by atoms with van der Waals surface area (Å²) >= 11 is 0. The maximum atomic E-state index is 11.8. The first-order valence-electron chi connectivity index (χ1n) is 5.74. The highest BCUT2D eigenvalue weighted by atomic mass is 16.5. The first-order valence-corrected chi connectivity index (χ1v) is 5.74. The smallest absolute Gasteiger partial charge is 0.313 e. The van der Waals surface area contributed by atoms with Crippen LogP contribution in [0.3, 0.4) is 0 Å². The number of ether oxygens (including phenoxy) is 1. The van der Waals surface area contributed by atoms with Crippen molar-refractivity contribution in [3.8, 4) is 5.88 Å². The molecule has 5 heteroatoms. The maximum Gasteiger partial charge on any atom is 0.313 e. The molecular weight excluding hydrogens is 206 g/mol. The van der Waals surface area contributed by atoms with Gasteiger partial charge in [0.2, 0.25) is 0 Å². The molecule has 0 radical (unpaired) electrons. The number of hydrogen-bond acceptors (Lipinski definition) is 4.